The number of fused-ring (bicyclic) bond motifs is 3. The molecule has 1 amide bonds. The van der Waals surface area contributed by atoms with Crippen LogP contribution >= 0.6 is 11.6 Å². The molecule has 23 heavy (non-hydrogen) atoms. The van der Waals surface area contributed by atoms with E-state index in [1.807, 2.05) is 4.90 Å². The highest BCUT2D eigenvalue weighted by molar-refractivity contribution is 6.31. The fourth-order valence-electron chi connectivity index (χ4n) is 3.71. The van der Waals surface area contributed by atoms with Crippen LogP contribution in [-0.2, 0) is 9.47 Å². The molecule has 122 valence electrons. The minimum absolute atomic E-state index is 0.0387. The van der Waals surface area contributed by atoms with Crippen molar-refractivity contribution in [2.75, 3.05) is 20.3 Å². The van der Waals surface area contributed by atoms with Gasteiger partial charge in [0.1, 0.15) is 11.7 Å². The van der Waals surface area contributed by atoms with Gasteiger partial charge >= 0.3 is 0 Å². The molecular weight excluding hydrogens is 318 g/mol. The summed E-state index contributed by atoms with van der Waals surface area (Å²) in [6.45, 7) is 1.08. The van der Waals surface area contributed by atoms with E-state index in [2.05, 4.69) is 0 Å². The number of nitrogens with zero attached hydrogens (tertiary/aromatic N) is 1. The van der Waals surface area contributed by atoms with Gasteiger partial charge < -0.3 is 18.8 Å². The van der Waals surface area contributed by atoms with Crippen molar-refractivity contribution in [1.82, 2.24) is 4.90 Å². The normalized spacial score (nSPS) is 27.4. The summed E-state index contributed by atoms with van der Waals surface area (Å²) in [5.41, 5.74) is 0.663. The van der Waals surface area contributed by atoms with Gasteiger partial charge in [0.05, 0.1) is 18.8 Å². The topological polar surface area (TPSA) is 51.9 Å². The molecule has 1 aliphatic carbocycles. The Hall–Kier alpha value is -1.56. The van der Waals surface area contributed by atoms with Crippen molar-refractivity contribution in [2.24, 2.45) is 0 Å². The van der Waals surface area contributed by atoms with Gasteiger partial charge in [-0.25, -0.2) is 0 Å². The summed E-state index contributed by atoms with van der Waals surface area (Å²) in [6.07, 6.45) is 1.82. The molecule has 6 heteroatoms. The molecule has 5 nitrogen and oxygen atoms in total. The number of amides is 1. The largest absolute Gasteiger partial charge is 0.451 e. The minimum atomic E-state index is -0.115. The van der Waals surface area contributed by atoms with Crippen LogP contribution in [0.5, 0.6) is 0 Å². The van der Waals surface area contributed by atoms with Gasteiger partial charge in [-0.3, -0.25) is 4.79 Å². The second-order valence-electron chi connectivity index (χ2n) is 6.05. The third kappa shape index (κ3) is 2.53. The van der Waals surface area contributed by atoms with Crippen molar-refractivity contribution >= 4 is 28.5 Å². The van der Waals surface area contributed by atoms with Crippen molar-refractivity contribution in [3.05, 3.63) is 35.0 Å². The van der Waals surface area contributed by atoms with E-state index in [4.69, 9.17) is 25.5 Å². The smallest absolute Gasteiger partial charge is 0.290 e. The Bertz CT molecular complexity index is 743. The SMILES string of the molecule is CO[C@@H]1[C@H]2CC[C@H]1OCCN2C(=O)c1cc2cc(Cl)ccc2o1. The predicted octanol–water partition coefficient (Wildman–Crippen LogP) is 3.10. The lowest BCUT2D eigenvalue weighted by atomic mass is 10.1. The van der Waals surface area contributed by atoms with Gasteiger partial charge in [-0.05, 0) is 37.1 Å². The summed E-state index contributed by atoms with van der Waals surface area (Å²) in [5, 5.41) is 1.46. The zero-order chi connectivity index (χ0) is 16.0. The number of carbonyl (C=O) groups excluding carboxylic acids is 1. The Morgan fingerprint density at radius 2 is 2.22 bits per heavy atom. The van der Waals surface area contributed by atoms with Crippen LogP contribution in [0.1, 0.15) is 23.4 Å². The number of hydrogen-bond donors (Lipinski definition) is 0. The summed E-state index contributed by atoms with van der Waals surface area (Å²) >= 11 is 6.00. The van der Waals surface area contributed by atoms with Crippen LogP contribution in [0.25, 0.3) is 11.0 Å². The van der Waals surface area contributed by atoms with Gasteiger partial charge in [0.15, 0.2) is 5.76 Å². The van der Waals surface area contributed by atoms with E-state index in [0.29, 0.717) is 29.5 Å². The summed E-state index contributed by atoms with van der Waals surface area (Å²) in [5.74, 6) is 0.220. The molecule has 2 aliphatic rings. The van der Waals surface area contributed by atoms with Crippen LogP contribution in [-0.4, -0.2) is 49.3 Å². The Balaban J connectivity index is 1.66. The van der Waals surface area contributed by atoms with Gasteiger partial charge in [-0.1, -0.05) is 11.6 Å². The van der Waals surface area contributed by atoms with Gasteiger partial charge in [0.2, 0.25) is 0 Å². The second-order valence-corrected chi connectivity index (χ2v) is 6.48. The molecule has 1 aromatic heterocycles. The van der Waals surface area contributed by atoms with Crippen LogP contribution in [0.2, 0.25) is 5.02 Å². The van der Waals surface area contributed by atoms with Crippen LogP contribution in [0.3, 0.4) is 0 Å². The first kappa shape index (κ1) is 15.0. The molecule has 3 atom stereocenters. The van der Waals surface area contributed by atoms with Crippen molar-refractivity contribution in [1.29, 1.82) is 0 Å². The lowest BCUT2D eigenvalue weighted by Crippen LogP contribution is -2.46. The zero-order valence-corrected chi connectivity index (χ0v) is 13.6. The first-order valence-electron chi connectivity index (χ1n) is 7.82. The molecule has 0 unspecified atom stereocenters. The molecule has 2 heterocycles. The molecule has 1 aliphatic heterocycles. The molecule has 1 saturated heterocycles. The van der Waals surface area contributed by atoms with Crippen LogP contribution in [0.4, 0.5) is 0 Å². The Morgan fingerprint density at radius 1 is 1.35 bits per heavy atom. The first-order valence-corrected chi connectivity index (χ1v) is 8.19. The third-order valence-electron chi connectivity index (χ3n) is 4.78. The molecule has 1 saturated carbocycles. The maximum atomic E-state index is 12.9. The number of ether oxygens (including phenoxy) is 2. The first-order chi connectivity index (χ1) is 11.2. The minimum Gasteiger partial charge on any atom is -0.451 e. The van der Waals surface area contributed by atoms with Crippen LogP contribution in [0, 0.1) is 0 Å². The van der Waals surface area contributed by atoms with Crippen molar-refractivity contribution in [2.45, 2.75) is 31.1 Å². The van der Waals surface area contributed by atoms with Gasteiger partial charge in [0.25, 0.3) is 5.91 Å². The van der Waals surface area contributed by atoms with E-state index in [1.165, 1.54) is 0 Å². The molecule has 2 fully saturated rings. The molecular formula is C17H18ClNO4. The summed E-state index contributed by atoms with van der Waals surface area (Å²) in [6, 6.07) is 7.13. The van der Waals surface area contributed by atoms with E-state index in [-0.39, 0.29) is 24.2 Å². The van der Waals surface area contributed by atoms with Crippen molar-refractivity contribution in [3.63, 3.8) is 0 Å². The lowest BCUT2D eigenvalue weighted by molar-refractivity contribution is -0.0317. The predicted molar refractivity (Wildman–Crippen MR) is 85.8 cm³/mol. The summed E-state index contributed by atoms with van der Waals surface area (Å²) in [7, 11) is 1.68. The monoisotopic (exact) mass is 335 g/mol. The van der Waals surface area contributed by atoms with Gasteiger partial charge in [-0.15, -0.1) is 0 Å². The highest BCUT2D eigenvalue weighted by atomic mass is 35.5. The number of rotatable bonds is 2. The molecule has 2 bridgehead atoms. The third-order valence-corrected chi connectivity index (χ3v) is 5.01. The van der Waals surface area contributed by atoms with Crippen molar-refractivity contribution < 1.29 is 18.7 Å². The van der Waals surface area contributed by atoms with Crippen molar-refractivity contribution in [3.8, 4) is 0 Å². The van der Waals surface area contributed by atoms with E-state index >= 15 is 0 Å². The average Bonchev–Trinajstić information content (AvgIpc) is 3.07. The molecule has 0 spiro atoms. The molecule has 1 aromatic carbocycles. The maximum Gasteiger partial charge on any atom is 0.290 e. The van der Waals surface area contributed by atoms with Crippen LogP contribution in [0.15, 0.2) is 28.7 Å². The lowest BCUT2D eigenvalue weighted by Gasteiger charge is -2.29. The Labute approximate surface area is 139 Å². The number of carbonyl (C=O) groups is 1. The molecule has 2 aromatic rings. The second kappa shape index (κ2) is 5.82. The standard InChI is InChI=1S/C17H18ClNO4/c1-21-16-12-3-5-14(16)22-7-6-19(12)17(20)15-9-10-8-11(18)2-4-13(10)23-15/h2,4,8-9,12,14,16H,3,5-7H2,1H3/t12-,14-,16-/m1/s1. The van der Waals surface area contributed by atoms with Crippen LogP contribution < -0.4 is 0 Å². The number of benzene rings is 1. The van der Waals surface area contributed by atoms with E-state index < -0.39 is 0 Å². The highest BCUT2D eigenvalue weighted by Gasteiger charge is 2.44. The fraction of sp³-hybridized carbons (Fsp3) is 0.471. The Morgan fingerprint density at radius 3 is 3.04 bits per heavy atom. The summed E-state index contributed by atoms with van der Waals surface area (Å²) < 4.78 is 17.1. The van der Waals surface area contributed by atoms with E-state index in [0.717, 1.165) is 18.2 Å². The number of hydrogen-bond acceptors (Lipinski definition) is 4. The maximum absolute atomic E-state index is 12.9. The number of methoxy groups -OCH3 is 1. The fourth-order valence-corrected chi connectivity index (χ4v) is 3.89. The number of furan rings is 1. The number of halogens is 1. The zero-order valence-electron chi connectivity index (χ0n) is 12.8. The molecule has 0 N–H and O–H groups in total. The van der Waals surface area contributed by atoms with Gasteiger partial charge in [-0.2, -0.15) is 0 Å². The highest BCUT2D eigenvalue weighted by Crippen LogP contribution is 2.33. The summed E-state index contributed by atoms with van der Waals surface area (Å²) in [4.78, 5) is 14.8. The average molecular weight is 336 g/mol. The quantitative estimate of drug-likeness (QED) is 0.846. The molecule has 0 radical (unpaired) electrons. The van der Waals surface area contributed by atoms with Gasteiger partial charge in [0, 0.05) is 24.1 Å². The van der Waals surface area contributed by atoms with E-state index in [1.54, 1.807) is 31.4 Å². The molecule has 4 rings (SSSR count). The Kier molecular flexibility index (Phi) is 3.79. The van der Waals surface area contributed by atoms with E-state index in [9.17, 15) is 4.79 Å².